The zero-order valence-corrected chi connectivity index (χ0v) is 11.6. The summed E-state index contributed by atoms with van der Waals surface area (Å²) in [6.45, 7) is 7.58. The van der Waals surface area contributed by atoms with E-state index in [9.17, 15) is 9.59 Å². The summed E-state index contributed by atoms with van der Waals surface area (Å²) in [4.78, 5) is 25.9. The molecule has 0 aromatic rings. The lowest BCUT2D eigenvalue weighted by atomic mass is 9.94. The lowest BCUT2D eigenvalue weighted by molar-refractivity contribution is -0.152. The molecule has 0 aromatic heterocycles. The van der Waals surface area contributed by atoms with Gasteiger partial charge in [-0.2, -0.15) is 0 Å². The van der Waals surface area contributed by atoms with Gasteiger partial charge in [-0.05, 0) is 19.3 Å². The molecule has 1 fully saturated rings. The summed E-state index contributed by atoms with van der Waals surface area (Å²) in [7, 11) is 0. The third-order valence-electron chi connectivity index (χ3n) is 3.27. The van der Waals surface area contributed by atoms with Crippen LogP contribution in [0.1, 0.15) is 40.5 Å². The number of hydrogen-bond donors (Lipinski definition) is 1. The molecule has 1 aliphatic rings. The molecule has 1 saturated heterocycles. The fourth-order valence-corrected chi connectivity index (χ4v) is 2.40. The average molecular weight is 250 g/mol. The van der Waals surface area contributed by atoms with Gasteiger partial charge in [0.05, 0.1) is 6.04 Å². The van der Waals surface area contributed by atoms with Crippen molar-refractivity contribution in [2.75, 3.05) is 0 Å². The third-order valence-corrected chi connectivity index (χ3v) is 3.27. The van der Waals surface area contributed by atoms with Crippen molar-refractivity contribution in [1.82, 2.24) is 10.2 Å². The van der Waals surface area contributed by atoms with E-state index in [2.05, 4.69) is 11.2 Å². The molecule has 2 amide bonds. The summed E-state index contributed by atoms with van der Waals surface area (Å²) in [5.74, 6) is 2.52. The Bertz CT molecular complexity index is 370. The van der Waals surface area contributed by atoms with Crippen LogP contribution in [0.4, 0.5) is 0 Å². The van der Waals surface area contributed by atoms with Gasteiger partial charge in [-0.1, -0.05) is 33.1 Å². The molecule has 4 heteroatoms. The first kappa shape index (κ1) is 14.6. The van der Waals surface area contributed by atoms with Crippen molar-refractivity contribution in [3.05, 3.63) is 0 Å². The van der Waals surface area contributed by atoms with E-state index < -0.39 is 12.1 Å². The highest BCUT2D eigenvalue weighted by atomic mass is 16.2. The van der Waals surface area contributed by atoms with Crippen LogP contribution in [0.2, 0.25) is 0 Å². The number of hydrogen-bond acceptors (Lipinski definition) is 2. The number of rotatable bonds is 4. The second kappa shape index (κ2) is 5.90. The fourth-order valence-electron chi connectivity index (χ4n) is 2.40. The van der Waals surface area contributed by atoms with Gasteiger partial charge in [-0.3, -0.25) is 9.59 Å². The number of nitrogens with one attached hydrogen (secondary N) is 1. The summed E-state index contributed by atoms with van der Waals surface area (Å²) in [5.41, 5.74) is 0. The smallest absolute Gasteiger partial charge is 0.246 e. The molecule has 0 spiro atoms. The van der Waals surface area contributed by atoms with Crippen LogP contribution < -0.4 is 5.32 Å². The van der Waals surface area contributed by atoms with Crippen LogP contribution in [0, 0.1) is 18.3 Å². The third kappa shape index (κ3) is 2.66. The Morgan fingerprint density at radius 3 is 2.50 bits per heavy atom. The topological polar surface area (TPSA) is 49.4 Å². The molecule has 4 nitrogen and oxygen atoms in total. The minimum atomic E-state index is -0.486. The Morgan fingerprint density at radius 1 is 1.44 bits per heavy atom. The number of terminal acetylenes is 1. The van der Waals surface area contributed by atoms with Crippen molar-refractivity contribution in [2.24, 2.45) is 5.92 Å². The fraction of sp³-hybridized carbons (Fsp3) is 0.714. The van der Waals surface area contributed by atoms with E-state index in [4.69, 9.17) is 6.42 Å². The van der Waals surface area contributed by atoms with E-state index in [1.165, 1.54) is 0 Å². The molecule has 1 rings (SSSR count). The first-order chi connectivity index (χ1) is 8.43. The highest BCUT2D eigenvalue weighted by Crippen LogP contribution is 2.22. The molecule has 0 aliphatic carbocycles. The summed E-state index contributed by atoms with van der Waals surface area (Å²) in [6.07, 6.45) is 7.15. The van der Waals surface area contributed by atoms with E-state index in [0.29, 0.717) is 0 Å². The Kier molecular flexibility index (Phi) is 4.77. The zero-order valence-electron chi connectivity index (χ0n) is 11.6. The SMILES string of the molecule is C#CC(CCC)N1C(=O)C(C)NC(=O)C1C(C)C. The highest BCUT2D eigenvalue weighted by molar-refractivity contribution is 5.97. The first-order valence-electron chi connectivity index (χ1n) is 6.52. The van der Waals surface area contributed by atoms with Crippen LogP contribution >= 0.6 is 0 Å². The molecular weight excluding hydrogens is 228 g/mol. The van der Waals surface area contributed by atoms with E-state index in [0.717, 1.165) is 12.8 Å². The average Bonchev–Trinajstić information content (AvgIpc) is 2.30. The monoisotopic (exact) mass is 250 g/mol. The summed E-state index contributed by atoms with van der Waals surface area (Å²) >= 11 is 0. The van der Waals surface area contributed by atoms with Gasteiger partial charge in [0.1, 0.15) is 12.1 Å². The minimum Gasteiger partial charge on any atom is -0.343 e. The van der Waals surface area contributed by atoms with E-state index >= 15 is 0 Å². The Balaban J connectivity index is 3.09. The number of carbonyl (C=O) groups is 2. The lowest BCUT2D eigenvalue weighted by Crippen LogP contribution is -2.66. The van der Waals surface area contributed by atoms with Gasteiger partial charge >= 0.3 is 0 Å². The van der Waals surface area contributed by atoms with Gasteiger partial charge in [0.2, 0.25) is 11.8 Å². The largest absolute Gasteiger partial charge is 0.343 e. The molecule has 100 valence electrons. The van der Waals surface area contributed by atoms with E-state index in [1.54, 1.807) is 11.8 Å². The highest BCUT2D eigenvalue weighted by Gasteiger charge is 2.42. The van der Waals surface area contributed by atoms with Crippen LogP contribution in [0.3, 0.4) is 0 Å². The second-order valence-electron chi connectivity index (χ2n) is 5.14. The summed E-state index contributed by atoms with van der Waals surface area (Å²) in [6, 6.07) is -1.23. The normalized spacial score (nSPS) is 25.9. The van der Waals surface area contributed by atoms with Crippen molar-refractivity contribution < 1.29 is 9.59 Å². The van der Waals surface area contributed by atoms with Gasteiger partial charge in [-0.25, -0.2) is 0 Å². The van der Waals surface area contributed by atoms with Crippen LogP contribution in [0.5, 0.6) is 0 Å². The predicted octanol–water partition coefficient (Wildman–Crippen LogP) is 1.16. The number of nitrogens with zero attached hydrogens (tertiary/aromatic N) is 1. The van der Waals surface area contributed by atoms with Crippen LogP contribution in [-0.4, -0.2) is 34.8 Å². The van der Waals surface area contributed by atoms with Crippen LogP contribution in [-0.2, 0) is 9.59 Å². The second-order valence-corrected chi connectivity index (χ2v) is 5.14. The molecule has 1 N–H and O–H groups in total. The molecule has 1 heterocycles. The summed E-state index contributed by atoms with van der Waals surface area (Å²) in [5, 5.41) is 2.71. The van der Waals surface area contributed by atoms with Crippen molar-refractivity contribution in [3.63, 3.8) is 0 Å². The summed E-state index contributed by atoms with van der Waals surface area (Å²) < 4.78 is 0. The molecule has 0 aromatic carbocycles. The molecule has 0 radical (unpaired) electrons. The van der Waals surface area contributed by atoms with Crippen molar-refractivity contribution in [2.45, 2.75) is 58.7 Å². The molecule has 3 atom stereocenters. The Labute approximate surface area is 109 Å². The maximum absolute atomic E-state index is 12.3. The van der Waals surface area contributed by atoms with E-state index in [-0.39, 0.29) is 23.8 Å². The van der Waals surface area contributed by atoms with Crippen LogP contribution in [0.15, 0.2) is 0 Å². The standard InChI is InChI=1S/C14H22N2O2/c1-6-8-11(7-2)16-12(9(3)4)13(17)15-10(5)14(16)18/h2,9-12H,6,8H2,1,3-5H3,(H,15,17). The molecule has 3 unspecified atom stereocenters. The zero-order chi connectivity index (χ0) is 13.9. The Hall–Kier alpha value is -1.50. The maximum Gasteiger partial charge on any atom is 0.246 e. The van der Waals surface area contributed by atoms with Gasteiger partial charge in [0.25, 0.3) is 0 Å². The van der Waals surface area contributed by atoms with Gasteiger partial charge in [-0.15, -0.1) is 6.42 Å². The van der Waals surface area contributed by atoms with Crippen molar-refractivity contribution >= 4 is 11.8 Å². The molecule has 0 bridgehead atoms. The minimum absolute atomic E-state index is 0.0501. The predicted molar refractivity (Wildman–Crippen MR) is 70.6 cm³/mol. The molecular formula is C14H22N2O2. The van der Waals surface area contributed by atoms with Gasteiger partial charge in [0, 0.05) is 0 Å². The van der Waals surface area contributed by atoms with Gasteiger partial charge in [0.15, 0.2) is 0 Å². The van der Waals surface area contributed by atoms with Gasteiger partial charge < -0.3 is 10.2 Å². The van der Waals surface area contributed by atoms with E-state index in [1.807, 2.05) is 20.8 Å². The number of amides is 2. The molecule has 0 saturated carbocycles. The first-order valence-corrected chi connectivity index (χ1v) is 6.52. The maximum atomic E-state index is 12.3. The quantitative estimate of drug-likeness (QED) is 0.761. The number of piperazine rings is 1. The van der Waals surface area contributed by atoms with Crippen LogP contribution in [0.25, 0.3) is 0 Å². The molecule has 1 aliphatic heterocycles. The molecule has 18 heavy (non-hydrogen) atoms. The number of carbonyl (C=O) groups excluding carboxylic acids is 2. The van der Waals surface area contributed by atoms with Crippen molar-refractivity contribution in [3.8, 4) is 12.3 Å². The van der Waals surface area contributed by atoms with Crippen molar-refractivity contribution in [1.29, 1.82) is 0 Å². The Morgan fingerprint density at radius 2 is 2.06 bits per heavy atom. The lowest BCUT2D eigenvalue weighted by Gasteiger charge is -2.42.